The van der Waals surface area contributed by atoms with Crippen molar-refractivity contribution in [2.75, 3.05) is 39.3 Å². The molecule has 1 fully saturated rings. The molecule has 1 aliphatic rings. The number of ether oxygens (including phenoxy) is 1. The lowest BCUT2D eigenvalue weighted by Crippen LogP contribution is -2.49. The topological polar surface area (TPSA) is 45.7 Å². The van der Waals surface area contributed by atoms with Crippen LogP contribution in [0.1, 0.15) is 10.4 Å². The number of hydrogen-bond donors (Lipinski definition) is 0. The Labute approximate surface area is 159 Å². The van der Waals surface area contributed by atoms with E-state index in [4.69, 9.17) is 4.74 Å². The highest BCUT2D eigenvalue weighted by atomic mass is 16.5. The van der Waals surface area contributed by atoms with Gasteiger partial charge < -0.3 is 9.64 Å². The molecule has 1 amide bonds. The number of nitrogens with zero attached hydrogens (tertiary/aromatic N) is 3. The zero-order chi connectivity index (χ0) is 18.5. The molecule has 138 valence electrons. The van der Waals surface area contributed by atoms with E-state index >= 15 is 0 Å². The SMILES string of the molecule is O=C(c1cccc2ncccc12)N1CCN(CCOc2ccccc2)CC1. The van der Waals surface area contributed by atoms with Gasteiger partial charge in [0, 0.05) is 49.9 Å². The predicted molar refractivity (Wildman–Crippen MR) is 106 cm³/mol. The first-order valence-corrected chi connectivity index (χ1v) is 9.34. The first-order valence-electron chi connectivity index (χ1n) is 9.34. The molecule has 2 heterocycles. The Kier molecular flexibility index (Phi) is 5.30. The maximum atomic E-state index is 13.0. The standard InChI is InChI=1S/C22H23N3O2/c26-22(20-8-4-10-21-19(20)9-5-11-23-21)25-14-12-24(13-15-25)16-17-27-18-6-2-1-3-7-18/h1-11H,12-17H2. The molecule has 0 N–H and O–H groups in total. The molecule has 27 heavy (non-hydrogen) atoms. The summed E-state index contributed by atoms with van der Waals surface area (Å²) in [5.41, 5.74) is 1.60. The number of para-hydroxylation sites is 1. The normalized spacial score (nSPS) is 15.0. The van der Waals surface area contributed by atoms with Crippen molar-refractivity contribution in [2.24, 2.45) is 0 Å². The summed E-state index contributed by atoms with van der Waals surface area (Å²) in [4.78, 5) is 21.6. The Bertz CT molecular complexity index is 900. The number of rotatable bonds is 5. The van der Waals surface area contributed by atoms with Crippen molar-refractivity contribution < 1.29 is 9.53 Å². The number of carbonyl (C=O) groups excluding carboxylic acids is 1. The average molecular weight is 361 g/mol. The molecule has 5 heteroatoms. The van der Waals surface area contributed by atoms with E-state index < -0.39 is 0 Å². The van der Waals surface area contributed by atoms with Gasteiger partial charge in [-0.1, -0.05) is 30.3 Å². The van der Waals surface area contributed by atoms with Crippen LogP contribution in [-0.2, 0) is 0 Å². The van der Waals surface area contributed by atoms with Gasteiger partial charge in [-0.3, -0.25) is 14.7 Å². The summed E-state index contributed by atoms with van der Waals surface area (Å²) < 4.78 is 5.77. The molecule has 1 aliphatic heterocycles. The second-order valence-corrected chi connectivity index (χ2v) is 6.67. The molecular weight excluding hydrogens is 338 g/mol. The molecular formula is C22H23N3O2. The fraction of sp³-hybridized carbons (Fsp3) is 0.273. The highest BCUT2D eigenvalue weighted by Gasteiger charge is 2.23. The minimum atomic E-state index is 0.0915. The van der Waals surface area contributed by atoms with E-state index in [1.807, 2.05) is 65.6 Å². The van der Waals surface area contributed by atoms with Crippen molar-refractivity contribution in [3.63, 3.8) is 0 Å². The van der Waals surface area contributed by atoms with Crippen molar-refractivity contribution in [1.82, 2.24) is 14.8 Å². The molecule has 3 aromatic rings. The van der Waals surface area contributed by atoms with Crippen molar-refractivity contribution >= 4 is 16.8 Å². The van der Waals surface area contributed by atoms with Crippen LogP contribution in [0.25, 0.3) is 10.9 Å². The van der Waals surface area contributed by atoms with Crippen LogP contribution in [0.2, 0.25) is 0 Å². The van der Waals surface area contributed by atoms with Crippen LogP contribution < -0.4 is 4.74 Å². The fourth-order valence-corrected chi connectivity index (χ4v) is 3.44. The lowest BCUT2D eigenvalue weighted by molar-refractivity contribution is 0.0622. The highest BCUT2D eigenvalue weighted by molar-refractivity contribution is 6.06. The Balaban J connectivity index is 1.31. The molecule has 1 saturated heterocycles. The summed E-state index contributed by atoms with van der Waals surface area (Å²) in [5, 5.41) is 0.920. The summed E-state index contributed by atoms with van der Waals surface area (Å²) in [6.07, 6.45) is 1.76. The van der Waals surface area contributed by atoms with Crippen LogP contribution in [0.15, 0.2) is 66.9 Å². The summed E-state index contributed by atoms with van der Waals surface area (Å²) in [6, 6.07) is 19.4. The van der Waals surface area contributed by atoms with Crippen LogP contribution in [-0.4, -0.2) is 60.0 Å². The first kappa shape index (κ1) is 17.5. The Morgan fingerprint density at radius 2 is 1.74 bits per heavy atom. The molecule has 0 bridgehead atoms. The summed E-state index contributed by atoms with van der Waals surface area (Å²) in [7, 11) is 0. The highest BCUT2D eigenvalue weighted by Crippen LogP contribution is 2.19. The van der Waals surface area contributed by atoms with E-state index in [1.54, 1.807) is 6.20 Å². The third-order valence-corrected chi connectivity index (χ3v) is 4.96. The summed E-state index contributed by atoms with van der Waals surface area (Å²) in [6.45, 7) is 4.74. The Hall–Kier alpha value is -2.92. The summed E-state index contributed by atoms with van der Waals surface area (Å²) >= 11 is 0. The van der Waals surface area contributed by atoms with Gasteiger partial charge in [0.05, 0.1) is 5.52 Å². The average Bonchev–Trinajstić information content (AvgIpc) is 2.74. The minimum absolute atomic E-state index is 0.0915. The van der Waals surface area contributed by atoms with Crippen LogP contribution >= 0.6 is 0 Å². The monoisotopic (exact) mass is 361 g/mol. The lowest BCUT2D eigenvalue weighted by atomic mass is 10.1. The fourth-order valence-electron chi connectivity index (χ4n) is 3.44. The molecule has 0 unspecified atom stereocenters. The van der Waals surface area contributed by atoms with Gasteiger partial charge in [-0.15, -0.1) is 0 Å². The van der Waals surface area contributed by atoms with Crippen LogP contribution in [0.3, 0.4) is 0 Å². The smallest absolute Gasteiger partial charge is 0.254 e. The number of carbonyl (C=O) groups is 1. The largest absolute Gasteiger partial charge is 0.492 e. The van der Waals surface area contributed by atoms with E-state index in [0.717, 1.165) is 54.9 Å². The number of hydrogen-bond acceptors (Lipinski definition) is 4. The van der Waals surface area contributed by atoms with E-state index in [9.17, 15) is 4.79 Å². The Morgan fingerprint density at radius 3 is 2.56 bits per heavy atom. The molecule has 4 rings (SSSR count). The second-order valence-electron chi connectivity index (χ2n) is 6.67. The molecule has 0 spiro atoms. The van der Waals surface area contributed by atoms with Crippen molar-refractivity contribution in [1.29, 1.82) is 0 Å². The van der Waals surface area contributed by atoms with Gasteiger partial charge in [-0.2, -0.15) is 0 Å². The second kappa shape index (κ2) is 8.18. The Morgan fingerprint density at radius 1 is 0.926 bits per heavy atom. The van der Waals surface area contributed by atoms with E-state index in [-0.39, 0.29) is 5.91 Å². The van der Waals surface area contributed by atoms with Crippen LogP contribution in [0.5, 0.6) is 5.75 Å². The molecule has 5 nitrogen and oxygen atoms in total. The molecule has 0 atom stereocenters. The van der Waals surface area contributed by atoms with E-state index in [1.165, 1.54) is 0 Å². The summed E-state index contributed by atoms with van der Waals surface area (Å²) in [5.74, 6) is 0.990. The third kappa shape index (κ3) is 4.09. The van der Waals surface area contributed by atoms with Crippen molar-refractivity contribution in [3.05, 3.63) is 72.4 Å². The predicted octanol–water partition coefficient (Wildman–Crippen LogP) is 3.07. The molecule has 0 aliphatic carbocycles. The van der Waals surface area contributed by atoms with Gasteiger partial charge in [-0.05, 0) is 30.3 Å². The number of aromatic nitrogens is 1. The number of benzene rings is 2. The van der Waals surface area contributed by atoms with Gasteiger partial charge in [0.15, 0.2) is 0 Å². The quantitative estimate of drug-likeness (QED) is 0.701. The number of fused-ring (bicyclic) bond motifs is 1. The lowest BCUT2D eigenvalue weighted by Gasteiger charge is -2.34. The number of amides is 1. The van der Waals surface area contributed by atoms with E-state index in [0.29, 0.717) is 6.61 Å². The maximum Gasteiger partial charge on any atom is 0.254 e. The minimum Gasteiger partial charge on any atom is -0.492 e. The third-order valence-electron chi connectivity index (χ3n) is 4.96. The van der Waals surface area contributed by atoms with Gasteiger partial charge in [0.2, 0.25) is 0 Å². The van der Waals surface area contributed by atoms with Gasteiger partial charge >= 0.3 is 0 Å². The molecule has 0 radical (unpaired) electrons. The first-order chi connectivity index (χ1) is 13.3. The zero-order valence-electron chi connectivity index (χ0n) is 15.3. The van der Waals surface area contributed by atoms with E-state index in [2.05, 4.69) is 9.88 Å². The molecule has 1 aromatic heterocycles. The number of pyridine rings is 1. The van der Waals surface area contributed by atoms with Gasteiger partial charge in [0.1, 0.15) is 12.4 Å². The zero-order valence-corrected chi connectivity index (χ0v) is 15.3. The number of piperazine rings is 1. The molecule has 2 aromatic carbocycles. The van der Waals surface area contributed by atoms with Crippen LogP contribution in [0, 0.1) is 0 Å². The maximum absolute atomic E-state index is 13.0. The van der Waals surface area contributed by atoms with Gasteiger partial charge in [0.25, 0.3) is 5.91 Å². The van der Waals surface area contributed by atoms with Crippen molar-refractivity contribution in [2.45, 2.75) is 0 Å². The van der Waals surface area contributed by atoms with Crippen LogP contribution in [0.4, 0.5) is 0 Å². The molecule has 0 saturated carbocycles. The van der Waals surface area contributed by atoms with Crippen molar-refractivity contribution in [3.8, 4) is 5.75 Å². The van der Waals surface area contributed by atoms with Gasteiger partial charge in [-0.25, -0.2) is 0 Å².